The predicted octanol–water partition coefficient (Wildman–Crippen LogP) is 3.22. The van der Waals surface area contributed by atoms with Crippen LogP contribution >= 0.6 is 11.3 Å². The van der Waals surface area contributed by atoms with Crippen molar-refractivity contribution in [2.45, 2.75) is 6.92 Å². The molecule has 1 N–H and O–H groups in total. The Kier molecular flexibility index (Phi) is 3.00. The minimum atomic E-state index is -0.234. The van der Waals surface area contributed by atoms with Gasteiger partial charge in [0.05, 0.1) is 22.0 Å². The number of nitrogens with zero attached hydrogens (tertiary/aromatic N) is 1. The number of nitrogens with one attached hydrogen (secondary N) is 1. The lowest BCUT2D eigenvalue weighted by Gasteiger charge is -2.17. The molecule has 0 fully saturated rings. The Morgan fingerprint density at radius 3 is 2.77 bits per heavy atom. The highest BCUT2D eigenvalue weighted by Crippen LogP contribution is 2.37. The molecule has 2 aromatic heterocycles. The minimum absolute atomic E-state index is 0.234. The number of carbonyl (C=O) groups is 1. The van der Waals surface area contributed by atoms with E-state index in [1.807, 2.05) is 12.1 Å². The van der Waals surface area contributed by atoms with E-state index in [2.05, 4.69) is 10.3 Å². The third-order valence-corrected chi connectivity index (χ3v) is 4.31. The number of rotatable bonds is 2. The number of aryl methyl sites for hydroxylation is 1. The Morgan fingerprint density at radius 2 is 2.05 bits per heavy atom. The predicted molar refractivity (Wildman–Crippen MR) is 82.0 cm³/mol. The van der Waals surface area contributed by atoms with Crippen LogP contribution in [0.2, 0.25) is 0 Å². The lowest BCUT2D eigenvalue weighted by Crippen LogP contribution is -2.15. The van der Waals surface area contributed by atoms with Gasteiger partial charge in [-0.1, -0.05) is 11.3 Å². The highest BCUT2D eigenvalue weighted by Gasteiger charge is 2.17. The van der Waals surface area contributed by atoms with Gasteiger partial charge in [0.25, 0.3) is 5.91 Å². The van der Waals surface area contributed by atoms with Crippen LogP contribution in [0.4, 0.5) is 5.13 Å². The molecule has 1 aliphatic rings. The second-order valence-corrected chi connectivity index (χ2v) is 5.86. The van der Waals surface area contributed by atoms with Gasteiger partial charge in [-0.2, -0.15) is 0 Å². The fourth-order valence-corrected chi connectivity index (χ4v) is 3.17. The van der Waals surface area contributed by atoms with E-state index in [1.54, 1.807) is 13.0 Å². The lowest BCUT2D eigenvalue weighted by atomic mass is 10.2. The maximum atomic E-state index is 12.2. The maximum Gasteiger partial charge on any atom is 0.260 e. The van der Waals surface area contributed by atoms with Crippen LogP contribution in [0.3, 0.4) is 0 Å². The van der Waals surface area contributed by atoms with Gasteiger partial charge in [-0.3, -0.25) is 10.1 Å². The van der Waals surface area contributed by atoms with E-state index in [-0.39, 0.29) is 5.91 Å². The summed E-state index contributed by atoms with van der Waals surface area (Å²) in [6.45, 7) is 2.82. The number of benzene rings is 1. The molecule has 0 unspecified atom stereocenters. The number of ether oxygens (including phenoxy) is 2. The Hall–Kier alpha value is -2.54. The highest BCUT2D eigenvalue weighted by atomic mass is 32.1. The van der Waals surface area contributed by atoms with Gasteiger partial charge >= 0.3 is 0 Å². The van der Waals surface area contributed by atoms with E-state index in [0.717, 1.165) is 10.2 Å². The average Bonchev–Trinajstić information content (AvgIpc) is 3.09. The number of carbonyl (C=O) groups excluding carboxylic acids is 1. The van der Waals surface area contributed by atoms with Crippen LogP contribution in [0, 0.1) is 6.92 Å². The van der Waals surface area contributed by atoms with Crippen LogP contribution in [-0.2, 0) is 0 Å². The second-order valence-electron chi connectivity index (χ2n) is 4.83. The third kappa shape index (κ3) is 2.19. The molecule has 0 aliphatic carbocycles. The normalized spacial score (nSPS) is 13.3. The van der Waals surface area contributed by atoms with E-state index < -0.39 is 0 Å². The molecule has 4 rings (SSSR count). The number of amides is 1. The number of hydrogen-bond donors (Lipinski definition) is 1. The molecule has 0 spiro atoms. The molecule has 22 heavy (non-hydrogen) atoms. The van der Waals surface area contributed by atoms with Crippen LogP contribution in [-0.4, -0.2) is 24.1 Å². The standard InChI is InChI=1S/C15H12N2O4S/c1-8-9(2-3-19-8)14(18)17-15-16-10-6-11-12(7-13(10)22-15)21-5-4-20-11/h2-3,6-7H,4-5H2,1H3,(H,16,17,18). The molecule has 0 radical (unpaired) electrons. The Morgan fingerprint density at radius 1 is 1.27 bits per heavy atom. The number of fused-ring (bicyclic) bond motifs is 2. The molecule has 1 amide bonds. The molecular formula is C15H12N2O4S. The average molecular weight is 316 g/mol. The summed E-state index contributed by atoms with van der Waals surface area (Å²) in [4.78, 5) is 16.6. The molecule has 0 bridgehead atoms. The first-order valence-electron chi connectivity index (χ1n) is 6.76. The summed E-state index contributed by atoms with van der Waals surface area (Å²) in [5.74, 6) is 1.75. The summed E-state index contributed by atoms with van der Waals surface area (Å²) >= 11 is 1.39. The van der Waals surface area contributed by atoms with Gasteiger partial charge in [-0.25, -0.2) is 4.98 Å². The van der Waals surface area contributed by atoms with Gasteiger partial charge in [-0.05, 0) is 13.0 Å². The molecule has 0 saturated heterocycles. The van der Waals surface area contributed by atoms with Gasteiger partial charge in [0.1, 0.15) is 19.0 Å². The first-order valence-corrected chi connectivity index (χ1v) is 7.58. The fourth-order valence-electron chi connectivity index (χ4n) is 2.30. The molecule has 0 saturated carbocycles. The molecular weight excluding hydrogens is 304 g/mol. The Balaban J connectivity index is 1.65. The van der Waals surface area contributed by atoms with Crippen LogP contribution in [0.5, 0.6) is 11.5 Å². The second kappa shape index (κ2) is 5.03. The third-order valence-electron chi connectivity index (χ3n) is 3.38. The highest BCUT2D eigenvalue weighted by molar-refractivity contribution is 7.22. The van der Waals surface area contributed by atoms with Gasteiger partial charge in [0, 0.05) is 12.1 Å². The van der Waals surface area contributed by atoms with E-state index in [0.29, 0.717) is 41.2 Å². The van der Waals surface area contributed by atoms with Crippen molar-refractivity contribution in [1.82, 2.24) is 4.98 Å². The topological polar surface area (TPSA) is 73.6 Å². The van der Waals surface area contributed by atoms with E-state index >= 15 is 0 Å². The molecule has 6 nitrogen and oxygen atoms in total. The van der Waals surface area contributed by atoms with E-state index in [4.69, 9.17) is 13.9 Å². The molecule has 3 heterocycles. The first kappa shape index (κ1) is 13.1. The molecule has 112 valence electrons. The van der Waals surface area contributed by atoms with Gasteiger partial charge in [-0.15, -0.1) is 0 Å². The zero-order valence-electron chi connectivity index (χ0n) is 11.7. The van der Waals surface area contributed by atoms with Crippen LogP contribution in [0.15, 0.2) is 28.9 Å². The molecule has 7 heteroatoms. The molecule has 3 aromatic rings. The zero-order valence-corrected chi connectivity index (χ0v) is 12.5. The number of anilines is 1. The summed E-state index contributed by atoms with van der Waals surface area (Å²) in [6.07, 6.45) is 1.49. The summed E-state index contributed by atoms with van der Waals surface area (Å²) in [6, 6.07) is 5.36. The molecule has 1 aliphatic heterocycles. The van der Waals surface area contributed by atoms with Gasteiger partial charge < -0.3 is 13.9 Å². The summed E-state index contributed by atoms with van der Waals surface area (Å²) in [5.41, 5.74) is 1.28. The summed E-state index contributed by atoms with van der Waals surface area (Å²) in [7, 11) is 0. The number of thiazole rings is 1. The Bertz CT molecular complexity index is 825. The van der Waals surface area contributed by atoms with Crippen molar-refractivity contribution in [2.75, 3.05) is 18.5 Å². The number of furan rings is 1. The summed E-state index contributed by atoms with van der Waals surface area (Å²) in [5, 5.41) is 3.32. The minimum Gasteiger partial charge on any atom is -0.486 e. The van der Waals surface area contributed by atoms with Crippen molar-refractivity contribution in [3.8, 4) is 11.5 Å². The monoisotopic (exact) mass is 316 g/mol. The maximum absolute atomic E-state index is 12.2. The summed E-state index contributed by atoms with van der Waals surface area (Å²) < 4.78 is 17.2. The number of hydrogen-bond acceptors (Lipinski definition) is 6. The van der Waals surface area contributed by atoms with Gasteiger partial charge in [0.15, 0.2) is 16.6 Å². The van der Waals surface area contributed by atoms with Gasteiger partial charge in [0.2, 0.25) is 0 Å². The van der Waals surface area contributed by atoms with Crippen molar-refractivity contribution in [3.63, 3.8) is 0 Å². The SMILES string of the molecule is Cc1occc1C(=O)Nc1nc2cc3c(cc2s1)OCCO3. The fraction of sp³-hybridized carbons (Fsp3) is 0.200. The first-order chi connectivity index (χ1) is 10.7. The van der Waals surface area contributed by atoms with Crippen molar-refractivity contribution in [3.05, 3.63) is 35.8 Å². The van der Waals surface area contributed by atoms with Crippen LogP contribution in [0.25, 0.3) is 10.2 Å². The van der Waals surface area contributed by atoms with E-state index in [9.17, 15) is 4.79 Å². The van der Waals surface area contributed by atoms with Crippen molar-refractivity contribution < 1.29 is 18.7 Å². The quantitative estimate of drug-likeness (QED) is 0.786. The van der Waals surface area contributed by atoms with Crippen LogP contribution < -0.4 is 14.8 Å². The molecule has 0 atom stereocenters. The zero-order chi connectivity index (χ0) is 15.1. The van der Waals surface area contributed by atoms with Crippen molar-refractivity contribution in [2.24, 2.45) is 0 Å². The Labute approximate surface area is 129 Å². The molecule has 1 aromatic carbocycles. The van der Waals surface area contributed by atoms with Crippen LogP contribution in [0.1, 0.15) is 16.1 Å². The largest absolute Gasteiger partial charge is 0.486 e. The smallest absolute Gasteiger partial charge is 0.260 e. The lowest BCUT2D eigenvalue weighted by molar-refractivity contribution is 0.102. The number of aromatic nitrogens is 1. The van der Waals surface area contributed by atoms with Crippen molar-refractivity contribution in [1.29, 1.82) is 0 Å². The van der Waals surface area contributed by atoms with E-state index in [1.165, 1.54) is 17.6 Å². The van der Waals surface area contributed by atoms with Crippen molar-refractivity contribution >= 4 is 32.6 Å².